The maximum absolute atomic E-state index is 13.0. The van der Waals surface area contributed by atoms with Crippen molar-refractivity contribution >= 4 is 23.1 Å². The topological polar surface area (TPSA) is 79.3 Å². The van der Waals surface area contributed by atoms with Crippen LogP contribution in [0.1, 0.15) is 11.1 Å². The number of rotatable bonds is 4. The molecule has 0 fully saturated rings. The minimum absolute atomic E-state index is 0.259. The SMILES string of the molecule is O=C1Nc2ccccc2C(c2ccccc2)=N[C@@H]1Nc1cc(-c2ccccc2)cnn1. The van der Waals surface area contributed by atoms with Crippen molar-refractivity contribution in [1.82, 2.24) is 10.2 Å². The standard InChI is InChI=1S/C25H19N5O/c31-25-24(28-22-15-19(16-26-30-22)17-9-3-1-4-10-17)29-23(18-11-5-2-6-12-18)20-13-7-8-14-21(20)27-25/h1-16,24H,(H,27,31)(H,28,30)/t24-/m0/s1. The zero-order valence-electron chi connectivity index (χ0n) is 16.6. The fraction of sp³-hybridized carbons (Fsp3) is 0.0400. The molecule has 0 unspecified atom stereocenters. The number of carbonyl (C=O) groups excluding carboxylic acids is 1. The van der Waals surface area contributed by atoms with Gasteiger partial charge >= 0.3 is 0 Å². The van der Waals surface area contributed by atoms with E-state index in [2.05, 4.69) is 20.8 Å². The summed E-state index contributed by atoms with van der Waals surface area (Å²) < 4.78 is 0. The van der Waals surface area contributed by atoms with E-state index in [9.17, 15) is 4.79 Å². The van der Waals surface area contributed by atoms with E-state index in [-0.39, 0.29) is 5.91 Å². The second-order valence-corrected chi connectivity index (χ2v) is 7.12. The first-order valence-corrected chi connectivity index (χ1v) is 9.96. The molecule has 1 aromatic heterocycles. The lowest BCUT2D eigenvalue weighted by atomic mass is 10.0. The van der Waals surface area contributed by atoms with Crippen molar-refractivity contribution in [2.75, 3.05) is 10.6 Å². The number of benzene rings is 3. The molecule has 0 saturated carbocycles. The molecular formula is C25H19N5O. The van der Waals surface area contributed by atoms with Gasteiger partial charge in [0.1, 0.15) is 0 Å². The number of aliphatic imine (C=N–C) groups is 1. The molecule has 2 N–H and O–H groups in total. The third kappa shape index (κ3) is 3.91. The number of carbonyl (C=O) groups is 1. The van der Waals surface area contributed by atoms with E-state index in [0.717, 1.165) is 33.7 Å². The number of fused-ring (bicyclic) bond motifs is 1. The van der Waals surface area contributed by atoms with Crippen molar-refractivity contribution in [3.8, 4) is 11.1 Å². The number of benzodiazepines with no additional fused rings is 1. The third-order valence-electron chi connectivity index (χ3n) is 5.04. The van der Waals surface area contributed by atoms with Gasteiger partial charge < -0.3 is 10.6 Å². The van der Waals surface area contributed by atoms with Crippen LogP contribution in [0.2, 0.25) is 0 Å². The van der Waals surface area contributed by atoms with Crippen molar-refractivity contribution in [2.45, 2.75) is 6.17 Å². The number of aromatic nitrogens is 2. The monoisotopic (exact) mass is 405 g/mol. The molecule has 0 radical (unpaired) electrons. The Morgan fingerprint density at radius 3 is 2.23 bits per heavy atom. The summed E-state index contributed by atoms with van der Waals surface area (Å²) in [7, 11) is 0. The highest BCUT2D eigenvalue weighted by Gasteiger charge is 2.26. The van der Waals surface area contributed by atoms with Crippen molar-refractivity contribution in [3.63, 3.8) is 0 Å². The van der Waals surface area contributed by atoms with Crippen LogP contribution in [0.25, 0.3) is 11.1 Å². The number of amides is 1. The Bertz CT molecular complexity index is 1260. The molecule has 1 atom stereocenters. The van der Waals surface area contributed by atoms with Gasteiger partial charge in [0, 0.05) is 16.7 Å². The molecule has 6 heteroatoms. The van der Waals surface area contributed by atoms with E-state index in [1.165, 1.54) is 0 Å². The molecule has 1 amide bonds. The zero-order valence-corrected chi connectivity index (χ0v) is 16.6. The lowest BCUT2D eigenvalue weighted by molar-refractivity contribution is -0.116. The van der Waals surface area contributed by atoms with E-state index >= 15 is 0 Å². The Morgan fingerprint density at radius 2 is 1.45 bits per heavy atom. The van der Waals surface area contributed by atoms with Crippen LogP contribution in [-0.2, 0) is 4.79 Å². The Kier molecular flexibility index (Phi) is 4.94. The molecular weight excluding hydrogens is 386 g/mol. The largest absolute Gasteiger partial charge is 0.339 e. The van der Waals surface area contributed by atoms with E-state index in [1.54, 1.807) is 6.20 Å². The number of nitrogens with one attached hydrogen (secondary N) is 2. The van der Waals surface area contributed by atoms with E-state index in [4.69, 9.17) is 4.99 Å². The van der Waals surface area contributed by atoms with Gasteiger partial charge in [-0.25, -0.2) is 4.99 Å². The number of hydrogen-bond acceptors (Lipinski definition) is 5. The molecule has 2 heterocycles. The van der Waals surface area contributed by atoms with Crippen molar-refractivity contribution in [3.05, 3.63) is 108 Å². The Labute approximate surface area is 179 Å². The van der Waals surface area contributed by atoms with Crippen molar-refractivity contribution in [1.29, 1.82) is 0 Å². The van der Waals surface area contributed by atoms with Crippen LogP contribution in [0.5, 0.6) is 0 Å². The molecule has 1 aliphatic rings. The number of anilines is 2. The molecule has 4 aromatic rings. The van der Waals surface area contributed by atoms with Gasteiger partial charge in [0.15, 0.2) is 5.82 Å². The van der Waals surface area contributed by atoms with E-state index in [1.807, 2.05) is 91.0 Å². The molecule has 0 aliphatic carbocycles. The Hall–Kier alpha value is -4.32. The highest BCUT2D eigenvalue weighted by atomic mass is 16.2. The van der Waals surface area contributed by atoms with Gasteiger partial charge in [-0.15, -0.1) is 5.10 Å². The maximum Gasteiger partial charge on any atom is 0.269 e. The van der Waals surface area contributed by atoms with Crippen molar-refractivity contribution < 1.29 is 4.79 Å². The number of nitrogens with zero attached hydrogens (tertiary/aromatic N) is 3. The number of hydrogen-bond donors (Lipinski definition) is 2. The Balaban J connectivity index is 1.53. The average Bonchev–Trinajstić information content (AvgIpc) is 2.97. The molecule has 0 saturated heterocycles. The van der Waals surface area contributed by atoms with Crippen LogP contribution in [0.15, 0.2) is 102 Å². The second kappa shape index (κ2) is 8.20. The van der Waals surface area contributed by atoms with Gasteiger partial charge in [-0.05, 0) is 17.7 Å². The molecule has 31 heavy (non-hydrogen) atoms. The van der Waals surface area contributed by atoms with E-state index < -0.39 is 6.17 Å². The van der Waals surface area contributed by atoms with Crippen LogP contribution in [0.3, 0.4) is 0 Å². The predicted octanol–water partition coefficient (Wildman–Crippen LogP) is 4.37. The molecule has 3 aromatic carbocycles. The average molecular weight is 405 g/mol. The fourth-order valence-corrected chi connectivity index (χ4v) is 3.55. The maximum atomic E-state index is 13.0. The lowest BCUT2D eigenvalue weighted by Crippen LogP contribution is -2.33. The second-order valence-electron chi connectivity index (χ2n) is 7.12. The summed E-state index contributed by atoms with van der Waals surface area (Å²) in [6.07, 6.45) is 0.838. The molecule has 1 aliphatic heterocycles. The minimum Gasteiger partial charge on any atom is -0.339 e. The van der Waals surface area contributed by atoms with Crippen LogP contribution in [-0.4, -0.2) is 28.0 Å². The van der Waals surface area contributed by atoms with Gasteiger partial charge in [-0.2, -0.15) is 5.10 Å². The normalized spacial score (nSPS) is 15.3. The summed E-state index contributed by atoms with van der Waals surface area (Å²) in [4.78, 5) is 17.8. The first kappa shape index (κ1) is 18.7. The Morgan fingerprint density at radius 1 is 0.774 bits per heavy atom. The highest BCUT2D eigenvalue weighted by Crippen LogP contribution is 2.25. The summed E-state index contributed by atoms with van der Waals surface area (Å²) in [5.41, 5.74) is 5.19. The van der Waals surface area contributed by atoms with Crippen LogP contribution >= 0.6 is 0 Å². The van der Waals surface area contributed by atoms with Crippen LogP contribution < -0.4 is 10.6 Å². The molecule has 6 nitrogen and oxygen atoms in total. The van der Waals surface area contributed by atoms with Gasteiger partial charge in [0.25, 0.3) is 5.91 Å². The quantitative estimate of drug-likeness (QED) is 0.528. The third-order valence-corrected chi connectivity index (χ3v) is 5.04. The van der Waals surface area contributed by atoms with E-state index in [0.29, 0.717) is 5.82 Å². The van der Waals surface area contributed by atoms with Crippen LogP contribution in [0.4, 0.5) is 11.5 Å². The molecule has 150 valence electrons. The molecule has 5 rings (SSSR count). The number of para-hydroxylation sites is 1. The summed E-state index contributed by atoms with van der Waals surface area (Å²) in [6, 6.07) is 29.3. The van der Waals surface area contributed by atoms with Gasteiger partial charge in [-0.3, -0.25) is 4.79 Å². The highest BCUT2D eigenvalue weighted by molar-refractivity contribution is 6.19. The van der Waals surface area contributed by atoms with Crippen LogP contribution in [0, 0.1) is 0 Å². The predicted molar refractivity (Wildman–Crippen MR) is 122 cm³/mol. The smallest absolute Gasteiger partial charge is 0.269 e. The van der Waals surface area contributed by atoms with Gasteiger partial charge in [-0.1, -0.05) is 78.9 Å². The van der Waals surface area contributed by atoms with Crippen molar-refractivity contribution in [2.24, 2.45) is 4.99 Å². The van der Waals surface area contributed by atoms with Gasteiger partial charge in [0.05, 0.1) is 17.6 Å². The lowest BCUT2D eigenvalue weighted by Gasteiger charge is -2.14. The summed E-state index contributed by atoms with van der Waals surface area (Å²) in [6.45, 7) is 0. The van der Waals surface area contributed by atoms with Gasteiger partial charge in [0.2, 0.25) is 6.17 Å². The minimum atomic E-state index is -0.858. The first-order chi connectivity index (χ1) is 15.3. The molecule has 0 spiro atoms. The molecule has 0 bridgehead atoms. The summed E-state index contributed by atoms with van der Waals surface area (Å²) in [5.74, 6) is 0.217. The summed E-state index contributed by atoms with van der Waals surface area (Å²) >= 11 is 0. The summed E-state index contributed by atoms with van der Waals surface area (Å²) in [5, 5.41) is 14.4. The zero-order chi connectivity index (χ0) is 21.0. The first-order valence-electron chi connectivity index (χ1n) is 9.96. The fourth-order valence-electron chi connectivity index (χ4n) is 3.55.